The van der Waals surface area contributed by atoms with Crippen LogP contribution in [0.2, 0.25) is 0 Å². The molecule has 3 rings (SSSR count). The highest BCUT2D eigenvalue weighted by Gasteiger charge is 2.17. The van der Waals surface area contributed by atoms with Gasteiger partial charge in [-0.05, 0) is 43.4 Å². The molecule has 2 aromatic rings. The number of ether oxygens (including phenoxy) is 2. The molecule has 0 atom stereocenters. The summed E-state index contributed by atoms with van der Waals surface area (Å²) < 4.78 is 25.0. The maximum atomic E-state index is 14.3. The highest BCUT2D eigenvalue weighted by molar-refractivity contribution is 5.69. The normalized spacial score (nSPS) is 13.2. The summed E-state index contributed by atoms with van der Waals surface area (Å²) in [6.45, 7) is 3.53. The first-order valence-corrected chi connectivity index (χ1v) is 9.47. The molecule has 0 radical (unpaired) electrons. The lowest BCUT2D eigenvalue weighted by Gasteiger charge is -2.29. The third-order valence-electron chi connectivity index (χ3n) is 4.85. The number of aryl methyl sites for hydroxylation is 2. The molecule has 1 heterocycles. The fourth-order valence-electron chi connectivity index (χ4n) is 3.52. The molecule has 0 fully saturated rings. The molecule has 144 valence electrons. The van der Waals surface area contributed by atoms with Gasteiger partial charge in [-0.15, -0.1) is 0 Å². The second kappa shape index (κ2) is 8.89. The molecular weight excluding hydrogens is 345 g/mol. The average Bonchev–Trinajstić information content (AvgIpc) is 2.66. The monoisotopic (exact) mass is 371 g/mol. The van der Waals surface area contributed by atoms with Gasteiger partial charge in [-0.25, -0.2) is 4.39 Å². The van der Waals surface area contributed by atoms with Crippen molar-refractivity contribution in [3.05, 3.63) is 58.9 Å². The van der Waals surface area contributed by atoms with Gasteiger partial charge in [0.05, 0.1) is 6.61 Å². The van der Waals surface area contributed by atoms with E-state index in [1.807, 2.05) is 0 Å². The molecule has 0 amide bonds. The number of fused-ring (bicyclic) bond motifs is 1. The Labute approximate surface area is 159 Å². The lowest BCUT2D eigenvalue weighted by Crippen LogP contribution is -2.26. The average molecular weight is 371 g/mol. The Morgan fingerprint density at radius 1 is 1.22 bits per heavy atom. The summed E-state index contributed by atoms with van der Waals surface area (Å²) in [7, 11) is 2.10. The minimum atomic E-state index is -0.357. The lowest BCUT2D eigenvalue weighted by atomic mass is 9.98. The summed E-state index contributed by atoms with van der Waals surface area (Å²) in [4.78, 5) is 13.7. The van der Waals surface area contributed by atoms with Crippen LogP contribution in [0.1, 0.15) is 36.5 Å². The van der Waals surface area contributed by atoms with Crippen LogP contribution in [0.4, 0.5) is 10.1 Å². The Bertz CT molecular complexity index is 806. The first-order valence-electron chi connectivity index (χ1n) is 9.47. The van der Waals surface area contributed by atoms with Crippen molar-refractivity contribution in [3.63, 3.8) is 0 Å². The van der Waals surface area contributed by atoms with E-state index in [0.29, 0.717) is 30.9 Å². The molecule has 0 spiro atoms. The van der Waals surface area contributed by atoms with E-state index in [1.165, 1.54) is 17.3 Å². The van der Waals surface area contributed by atoms with Gasteiger partial charge in [-0.1, -0.05) is 24.3 Å². The molecule has 2 aromatic carbocycles. The van der Waals surface area contributed by atoms with E-state index in [0.717, 1.165) is 24.9 Å². The molecule has 0 unspecified atom stereocenters. The van der Waals surface area contributed by atoms with E-state index in [2.05, 4.69) is 30.1 Å². The van der Waals surface area contributed by atoms with Gasteiger partial charge in [-0.3, -0.25) is 4.79 Å². The van der Waals surface area contributed by atoms with Crippen LogP contribution in [0.25, 0.3) is 0 Å². The van der Waals surface area contributed by atoms with Crippen molar-refractivity contribution >= 4 is 11.7 Å². The molecular formula is C22H26FNO3. The fourth-order valence-corrected chi connectivity index (χ4v) is 3.52. The zero-order valence-electron chi connectivity index (χ0n) is 16.0. The first kappa shape index (κ1) is 19.2. The van der Waals surface area contributed by atoms with Crippen molar-refractivity contribution in [3.8, 4) is 5.75 Å². The zero-order chi connectivity index (χ0) is 19.2. The van der Waals surface area contributed by atoms with Crippen LogP contribution in [-0.2, 0) is 29.0 Å². The van der Waals surface area contributed by atoms with E-state index in [-0.39, 0.29) is 18.2 Å². The fraction of sp³-hybridized carbons (Fsp3) is 0.409. The number of hydrogen-bond acceptors (Lipinski definition) is 4. The third kappa shape index (κ3) is 4.79. The second-order valence-electron chi connectivity index (χ2n) is 6.80. The number of carbonyl (C=O) groups is 1. The van der Waals surface area contributed by atoms with Crippen LogP contribution in [0.5, 0.6) is 5.75 Å². The van der Waals surface area contributed by atoms with Crippen LogP contribution in [-0.4, -0.2) is 26.2 Å². The molecule has 0 saturated carbocycles. The Morgan fingerprint density at radius 3 is 2.85 bits per heavy atom. The van der Waals surface area contributed by atoms with Gasteiger partial charge >= 0.3 is 5.97 Å². The van der Waals surface area contributed by atoms with E-state index in [9.17, 15) is 9.18 Å². The van der Waals surface area contributed by atoms with Crippen LogP contribution >= 0.6 is 0 Å². The number of hydrogen-bond donors (Lipinski definition) is 0. The predicted molar refractivity (Wildman–Crippen MR) is 104 cm³/mol. The topological polar surface area (TPSA) is 38.8 Å². The van der Waals surface area contributed by atoms with Crippen LogP contribution in [0.3, 0.4) is 0 Å². The molecule has 1 aliphatic heterocycles. The summed E-state index contributed by atoms with van der Waals surface area (Å²) >= 11 is 0. The highest BCUT2D eigenvalue weighted by Crippen LogP contribution is 2.31. The van der Waals surface area contributed by atoms with Gasteiger partial charge in [0.1, 0.15) is 18.2 Å². The SMILES string of the molecule is CCOC(=O)CCc1ccc(OCc2cccc3c2N(C)CCC3)cc1F. The first-order chi connectivity index (χ1) is 13.1. The van der Waals surface area contributed by atoms with E-state index < -0.39 is 0 Å². The van der Waals surface area contributed by atoms with E-state index >= 15 is 0 Å². The largest absolute Gasteiger partial charge is 0.489 e. The minimum Gasteiger partial charge on any atom is -0.489 e. The van der Waals surface area contributed by atoms with Crippen molar-refractivity contribution in [1.82, 2.24) is 0 Å². The number of anilines is 1. The van der Waals surface area contributed by atoms with Crippen molar-refractivity contribution in [2.45, 2.75) is 39.2 Å². The number of rotatable bonds is 7. The van der Waals surface area contributed by atoms with Crippen molar-refractivity contribution in [1.29, 1.82) is 0 Å². The van der Waals surface area contributed by atoms with Crippen LogP contribution in [0.15, 0.2) is 36.4 Å². The number of para-hydroxylation sites is 1. The molecule has 0 aromatic heterocycles. The predicted octanol–water partition coefficient (Wildman–Crippen LogP) is 4.28. The molecule has 0 bridgehead atoms. The molecule has 4 nitrogen and oxygen atoms in total. The quantitative estimate of drug-likeness (QED) is 0.681. The summed E-state index contributed by atoms with van der Waals surface area (Å²) in [6.07, 6.45) is 2.74. The number of esters is 1. The molecule has 5 heteroatoms. The standard InChI is InChI=1S/C22H26FNO3/c1-3-26-21(25)12-10-16-9-11-19(14-20(16)23)27-15-18-7-4-6-17-8-5-13-24(2)22(17)18/h4,6-7,9,11,14H,3,5,8,10,12-13,15H2,1-2H3. The van der Waals surface area contributed by atoms with Gasteiger partial charge < -0.3 is 14.4 Å². The Hall–Kier alpha value is -2.56. The van der Waals surface area contributed by atoms with E-state index in [4.69, 9.17) is 9.47 Å². The molecule has 0 aliphatic carbocycles. The van der Waals surface area contributed by atoms with Crippen molar-refractivity contribution in [2.24, 2.45) is 0 Å². The van der Waals surface area contributed by atoms with Gasteiger partial charge in [-0.2, -0.15) is 0 Å². The second-order valence-corrected chi connectivity index (χ2v) is 6.80. The maximum Gasteiger partial charge on any atom is 0.306 e. The zero-order valence-corrected chi connectivity index (χ0v) is 16.0. The Balaban J connectivity index is 1.64. The van der Waals surface area contributed by atoms with Crippen molar-refractivity contribution < 1.29 is 18.7 Å². The van der Waals surface area contributed by atoms with Gasteiger partial charge in [0, 0.05) is 37.3 Å². The van der Waals surface area contributed by atoms with Gasteiger partial charge in [0.2, 0.25) is 0 Å². The lowest BCUT2D eigenvalue weighted by molar-refractivity contribution is -0.143. The van der Waals surface area contributed by atoms with Crippen LogP contribution in [0, 0.1) is 5.82 Å². The summed E-state index contributed by atoms with van der Waals surface area (Å²) in [5, 5.41) is 0. The van der Waals surface area contributed by atoms with Crippen LogP contribution < -0.4 is 9.64 Å². The molecule has 27 heavy (non-hydrogen) atoms. The number of halogens is 1. The van der Waals surface area contributed by atoms with Gasteiger partial charge in [0.25, 0.3) is 0 Å². The summed E-state index contributed by atoms with van der Waals surface area (Å²) in [6, 6.07) is 11.1. The number of nitrogens with zero attached hydrogens (tertiary/aromatic N) is 1. The Kier molecular flexibility index (Phi) is 6.32. The van der Waals surface area contributed by atoms with Gasteiger partial charge in [0.15, 0.2) is 0 Å². The maximum absolute atomic E-state index is 14.3. The molecule has 0 saturated heterocycles. The third-order valence-corrected chi connectivity index (χ3v) is 4.85. The summed E-state index contributed by atoms with van der Waals surface area (Å²) in [5.41, 5.74) is 4.18. The summed E-state index contributed by atoms with van der Waals surface area (Å²) in [5.74, 6) is -0.178. The smallest absolute Gasteiger partial charge is 0.306 e. The van der Waals surface area contributed by atoms with E-state index in [1.54, 1.807) is 19.1 Å². The van der Waals surface area contributed by atoms with Crippen molar-refractivity contribution in [2.75, 3.05) is 25.1 Å². The number of carbonyl (C=O) groups excluding carboxylic acids is 1. The number of benzene rings is 2. The highest BCUT2D eigenvalue weighted by atomic mass is 19.1. The molecule has 0 N–H and O–H groups in total. The minimum absolute atomic E-state index is 0.174. The Morgan fingerprint density at radius 2 is 2.07 bits per heavy atom. The molecule has 1 aliphatic rings.